The molecule has 1 aromatic carbocycles. The second-order valence-electron chi connectivity index (χ2n) is 9.71. The summed E-state index contributed by atoms with van der Waals surface area (Å²) in [6.45, 7) is 8.91. The number of fused-ring (bicyclic) bond motifs is 5. The van der Waals surface area contributed by atoms with Crippen molar-refractivity contribution in [2.45, 2.75) is 70.6 Å². The Labute approximate surface area is 167 Å². The van der Waals surface area contributed by atoms with E-state index in [-0.39, 0.29) is 16.7 Å². The van der Waals surface area contributed by atoms with Crippen LogP contribution in [0.5, 0.6) is 0 Å². The predicted molar refractivity (Wildman–Crippen MR) is 111 cm³/mol. The van der Waals surface area contributed by atoms with Crippen LogP contribution in [0, 0.1) is 5.41 Å². The van der Waals surface area contributed by atoms with E-state index in [9.17, 15) is 4.79 Å². The van der Waals surface area contributed by atoms with E-state index < -0.39 is 0 Å². The van der Waals surface area contributed by atoms with E-state index in [0.717, 1.165) is 43.7 Å². The Balaban J connectivity index is 1.67. The van der Waals surface area contributed by atoms with Gasteiger partial charge in [-0.05, 0) is 49.1 Å². The average molecular weight is 378 g/mol. The monoisotopic (exact) mass is 377 g/mol. The first-order valence-corrected chi connectivity index (χ1v) is 10.9. The second-order valence-corrected chi connectivity index (χ2v) is 9.71. The summed E-state index contributed by atoms with van der Waals surface area (Å²) in [5, 5.41) is 4.98. The van der Waals surface area contributed by atoms with Crippen molar-refractivity contribution in [3.63, 3.8) is 0 Å². The Morgan fingerprint density at radius 3 is 2.39 bits per heavy atom. The van der Waals surface area contributed by atoms with Crippen molar-refractivity contribution in [2.75, 3.05) is 13.1 Å². The number of amides is 1. The molecule has 2 aromatic rings. The van der Waals surface area contributed by atoms with E-state index in [1.807, 2.05) is 6.07 Å². The molecule has 1 aliphatic heterocycles. The van der Waals surface area contributed by atoms with E-state index in [4.69, 9.17) is 5.10 Å². The lowest BCUT2D eigenvalue weighted by Crippen LogP contribution is -2.34. The smallest absolute Gasteiger partial charge is 0.274 e. The Kier molecular flexibility index (Phi) is 3.98. The molecule has 2 fully saturated rings. The van der Waals surface area contributed by atoms with Gasteiger partial charge in [-0.2, -0.15) is 5.10 Å². The Morgan fingerprint density at radius 2 is 1.71 bits per heavy atom. The Morgan fingerprint density at radius 1 is 1.04 bits per heavy atom. The van der Waals surface area contributed by atoms with Crippen LogP contribution >= 0.6 is 0 Å². The number of likely N-dealkylation sites (tertiary alicyclic amines) is 1. The maximum Gasteiger partial charge on any atom is 0.274 e. The van der Waals surface area contributed by atoms with E-state index in [0.29, 0.717) is 5.92 Å². The fraction of sp³-hybridized carbons (Fsp3) is 0.583. The molecule has 3 aliphatic rings. The van der Waals surface area contributed by atoms with Crippen LogP contribution in [0.1, 0.15) is 87.0 Å². The van der Waals surface area contributed by atoms with Crippen molar-refractivity contribution in [1.82, 2.24) is 14.7 Å². The first-order valence-electron chi connectivity index (χ1n) is 10.9. The summed E-state index contributed by atoms with van der Waals surface area (Å²) in [7, 11) is 0. The van der Waals surface area contributed by atoms with Crippen LogP contribution in [0.3, 0.4) is 0 Å². The normalized spacial score (nSPS) is 28.2. The van der Waals surface area contributed by atoms with Crippen LogP contribution in [-0.2, 0) is 5.41 Å². The Bertz CT molecular complexity index is 905. The summed E-state index contributed by atoms with van der Waals surface area (Å²) in [6, 6.07) is 10.4. The minimum atomic E-state index is 0.0627. The van der Waals surface area contributed by atoms with Crippen molar-refractivity contribution in [3.05, 3.63) is 47.3 Å². The molecule has 1 saturated heterocycles. The lowest BCUT2D eigenvalue weighted by molar-refractivity contribution is 0.0752. The van der Waals surface area contributed by atoms with Crippen LogP contribution in [-0.4, -0.2) is 33.7 Å². The Hall–Kier alpha value is -2.10. The van der Waals surface area contributed by atoms with Crippen molar-refractivity contribution < 1.29 is 4.79 Å². The van der Waals surface area contributed by atoms with E-state index >= 15 is 0 Å². The minimum absolute atomic E-state index is 0.0627. The van der Waals surface area contributed by atoms with Gasteiger partial charge in [0, 0.05) is 24.1 Å². The molecule has 148 valence electrons. The molecule has 2 heterocycles. The number of para-hydroxylation sites is 1. The number of hydrogen-bond acceptors (Lipinski definition) is 2. The molecule has 0 unspecified atom stereocenters. The van der Waals surface area contributed by atoms with Crippen LogP contribution in [0.2, 0.25) is 0 Å². The molecule has 2 aliphatic carbocycles. The molecule has 5 rings (SSSR count). The molecule has 4 heteroatoms. The first-order chi connectivity index (χ1) is 13.4. The highest BCUT2D eigenvalue weighted by Crippen LogP contribution is 2.68. The molecule has 28 heavy (non-hydrogen) atoms. The molecule has 4 nitrogen and oxygen atoms in total. The topological polar surface area (TPSA) is 38.1 Å². The lowest BCUT2D eigenvalue weighted by atomic mass is 9.70. The van der Waals surface area contributed by atoms with Crippen molar-refractivity contribution in [1.29, 1.82) is 0 Å². The molecular weight excluding hydrogens is 346 g/mol. The largest absolute Gasteiger partial charge is 0.337 e. The standard InChI is InChI=1S/C24H31N3O/c1-23(2)18-13-14-24(23,3)21-19(18)20(22(28)26-15-9-4-5-10-16-26)25-27(21)17-11-7-6-8-12-17/h6-8,11-12,18H,4-5,9-10,13-16H2,1-3H3/t18-,24-/m0/s1. The van der Waals surface area contributed by atoms with Crippen molar-refractivity contribution in [2.24, 2.45) is 5.41 Å². The maximum atomic E-state index is 13.6. The van der Waals surface area contributed by atoms with E-state index in [1.165, 1.54) is 30.5 Å². The number of rotatable bonds is 2. The van der Waals surface area contributed by atoms with Crippen molar-refractivity contribution >= 4 is 5.91 Å². The van der Waals surface area contributed by atoms with Gasteiger partial charge in [0.25, 0.3) is 5.91 Å². The highest BCUT2D eigenvalue weighted by Gasteiger charge is 2.63. The van der Waals surface area contributed by atoms with Gasteiger partial charge in [-0.3, -0.25) is 4.79 Å². The fourth-order valence-corrected chi connectivity index (χ4v) is 6.06. The summed E-state index contributed by atoms with van der Waals surface area (Å²) in [5.41, 5.74) is 4.55. The summed E-state index contributed by atoms with van der Waals surface area (Å²) in [6.07, 6.45) is 7.02. The molecule has 2 bridgehead atoms. The molecule has 1 amide bonds. The number of hydrogen-bond donors (Lipinski definition) is 0. The van der Waals surface area contributed by atoms with Gasteiger partial charge < -0.3 is 4.90 Å². The third-order valence-electron chi connectivity index (χ3n) is 8.12. The first kappa shape index (κ1) is 18.0. The molecule has 0 spiro atoms. The van der Waals surface area contributed by atoms with Crippen LogP contribution in [0.4, 0.5) is 0 Å². The molecule has 2 atom stereocenters. The number of aromatic nitrogens is 2. The van der Waals surface area contributed by atoms with E-state index in [2.05, 4.69) is 54.6 Å². The molecular formula is C24H31N3O. The zero-order chi connectivity index (χ0) is 19.5. The predicted octanol–water partition coefficient (Wildman–Crippen LogP) is 5.06. The quantitative estimate of drug-likeness (QED) is 0.733. The molecule has 0 radical (unpaired) electrons. The van der Waals surface area contributed by atoms with Gasteiger partial charge in [-0.25, -0.2) is 4.68 Å². The van der Waals surface area contributed by atoms with Gasteiger partial charge in [-0.15, -0.1) is 0 Å². The third-order valence-corrected chi connectivity index (χ3v) is 8.12. The average Bonchev–Trinajstić information content (AvgIpc) is 3.11. The SMILES string of the molecule is CC1(C)[C@H]2CC[C@@]1(C)c1c2c(C(=O)N2CCCCCC2)nn1-c1ccccc1. The molecule has 1 aromatic heterocycles. The lowest BCUT2D eigenvalue weighted by Gasteiger charge is -2.35. The fourth-order valence-electron chi connectivity index (χ4n) is 6.06. The van der Waals surface area contributed by atoms with Gasteiger partial charge in [0.05, 0.1) is 11.4 Å². The van der Waals surface area contributed by atoms with Gasteiger partial charge in [-0.1, -0.05) is 51.8 Å². The van der Waals surface area contributed by atoms with Gasteiger partial charge >= 0.3 is 0 Å². The van der Waals surface area contributed by atoms with Gasteiger partial charge in [0.2, 0.25) is 0 Å². The van der Waals surface area contributed by atoms with Gasteiger partial charge in [0.1, 0.15) is 0 Å². The second kappa shape index (κ2) is 6.20. The summed E-state index contributed by atoms with van der Waals surface area (Å²) >= 11 is 0. The minimum Gasteiger partial charge on any atom is -0.337 e. The summed E-state index contributed by atoms with van der Waals surface area (Å²) in [5.74, 6) is 0.579. The van der Waals surface area contributed by atoms with Crippen LogP contribution < -0.4 is 0 Å². The van der Waals surface area contributed by atoms with Crippen LogP contribution in [0.25, 0.3) is 5.69 Å². The molecule has 0 N–H and O–H groups in total. The highest BCUT2D eigenvalue weighted by atomic mass is 16.2. The summed E-state index contributed by atoms with van der Waals surface area (Å²) in [4.78, 5) is 15.7. The number of carbonyl (C=O) groups excluding carboxylic acids is 1. The number of nitrogens with zero attached hydrogens (tertiary/aromatic N) is 3. The zero-order valence-corrected chi connectivity index (χ0v) is 17.4. The van der Waals surface area contributed by atoms with Crippen molar-refractivity contribution in [3.8, 4) is 5.69 Å². The number of carbonyl (C=O) groups is 1. The zero-order valence-electron chi connectivity index (χ0n) is 17.4. The van der Waals surface area contributed by atoms with Crippen LogP contribution in [0.15, 0.2) is 30.3 Å². The third kappa shape index (κ3) is 2.29. The highest BCUT2D eigenvalue weighted by molar-refractivity contribution is 5.95. The summed E-state index contributed by atoms with van der Waals surface area (Å²) < 4.78 is 2.10. The molecule has 1 saturated carbocycles. The maximum absolute atomic E-state index is 13.6. The van der Waals surface area contributed by atoms with Gasteiger partial charge in [0.15, 0.2) is 5.69 Å². The van der Waals surface area contributed by atoms with E-state index in [1.54, 1.807) is 0 Å². The number of benzene rings is 1.